The second-order valence-corrected chi connectivity index (χ2v) is 5.48. The van der Waals surface area contributed by atoms with E-state index in [2.05, 4.69) is 26.4 Å². The Morgan fingerprint density at radius 3 is 2.67 bits per heavy atom. The van der Waals surface area contributed by atoms with Crippen molar-refractivity contribution in [3.63, 3.8) is 0 Å². The van der Waals surface area contributed by atoms with E-state index in [-0.39, 0.29) is 11.7 Å². The molecule has 98 valence electrons. The third-order valence-electron chi connectivity index (χ3n) is 2.35. The van der Waals surface area contributed by atoms with Gasteiger partial charge in [0.1, 0.15) is 0 Å². The number of hydrogen-bond donors (Lipinski definition) is 3. The summed E-state index contributed by atoms with van der Waals surface area (Å²) in [6.07, 6.45) is 0. The van der Waals surface area contributed by atoms with Crippen LogP contribution in [0.2, 0.25) is 5.02 Å². The fourth-order valence-corrected chi connectivity index (χ4v) is 2.08. The van der Waals surface area contributed by atoms with Crippen LogP contribution < -0.4 is 11.1 Å². The largest absolute Gasteiger partial charge is 0.409 e. The van der Waals surface area contributed by atoms with Crippen LogP contribution in [0.5, 0.6) is 0 Å². The van der Waals surface area contributed by atoms with E-state index < -0.39 is 5.54 Å². The second-order valence-electron chi connectivity index (χ2n) is 4.19. The van der Waals surface area contributed by atoms with Crippen LogP contribution in [0.25, 0.3) is 0 Å². The molecule has 1 aromatic carbocycles. The average molecular weight is 335 g/mol. The molecule has 0 saturated carbocycles. The predicted octanol–water partition coefficient (Wildman–Crippen LogP) is 2.36. The molecule has 0 unspecified atom stereocenters. The first-order valence-electron chi connectivity index (χ1n) is 5.03. The van der Waals surface area contributed by atoms with Gasteiger partial charge in [-0.15, -0.1) is 0 Å². The number of carbonyl (C=O) groups is 1. The summed E-state index contributed by atoms with van der Waals surface area (Å²) in [5.74, 6) is -0.434. The van der Waals surface area contributed by atoms with Gasteiger partial charge in [0, 0.05) is 9.50 Å². The van der Waals surface area contributed by atoms with Gasteiger partial charge in [-0.2, -0.15) is 0 Å². The van der Waals surface area contributed by atoms with E-state index in [1.165, 1.54) is 0 Å². The molecule has 18 heavy (non-hydrogen) atoms. The molecular weight excluding hydrogens is 321 g/mol. The van der Waals surface area contributed by atoms with Gasteiger partial charge < -0.3 is 16.3 Å². The summed E-state index contributed by atoms with van der Waals surface area (Å²) in [7, 11) is 0. The fraction of sp³-hybridized carbons (Fsp3) is 0.273. The van der Waals surface area contributed by atoms with E-state index in [0.29, 0.717) is 15.1 Å². The maximum absolute atomic E-state index is 12.0. The number of amidine groups is 1. The highest BCUT2D eigenvalue weighted by molar-refractivity contribution is 9.10. The normalized spacial score (nSPS) is 12.3. The first-order chi connectivity index (χ1) is 8.27. The van der Waals surface area contributed by atoms with Crippen LogP contribution in [0, 0.1) is 0 Å². The summed E-state index contributed by atoms with van der Waals surface area (Å²) in [6, 6.07) is 4.81. The van der Waals surface area contributed by atoms with Crippen molar-refractivity contribution in [2.45, 2.75) is 19.4 Å². The van der Waals surface area contributed by atoms with Crippen molar-refractivity contribution in [1.29, 1.82) is 0 Å². The number of rotatable bonds is 3. The molecule has 0 aliphatic rings. The Labute approximate surface area is 118 Å². The van der Waals surface area contributed by atoms with Gasteiger partial charge in [0.05, 0.1) is 11.1 Å². The highest BCUT2D eigenvalue weighted by Crippen LogP contribution is 2.22. The second kappa shape index (κ2) is 5.58. The molecule has 1 amide bonds. The lowest BCUT2D eigenvalue weighted by molar-refractivity contribution is 0.0930. The third kappa shape index (κ3) is 3.36. The van der Waals surface area contributed by atoms with Gasteiger partial charge in [0.15, 0.2) is 5.84 Å². The molecule has 4 N–H and O–H groups in total. The summed E-state index contributed by atoms with van der Waals surface area (Å²) >= 11 is 9.05. The highest BCUT2D eigenvalue weighted by atomic mass is 79.9. The predicted molar refractivity (Wildman–Crippen MR) is 74.1 cm³/mol. The van der Waals surface area contributed by atoms with Crippen LogP contribution in [0.1, 0.15) is 24.2 Å². The smallest absolute Gasteiger partial charge is 0.253 e. The Bertz CT molecular complexity index is 503. The van der Waals surface area contributed by atoms with Crippen LogP contribution in [-0.2, 0) is 0 Å². The molecule has 0 atom stereocenters. The molecule has 5 nitrogen and oxygen atoms in total. The number of benzene rings is 1. The zero-order valence-electron chi connectivity index (χ0n) is 9.87. The van der Waals surface area contributed by atoms with E-state index in [0.717, 1.165) is 0 Å². The van der Waals surface area contributed by atoms with Crippen molar-refractivity contribution >= 4 is 39.3 Å². The minimum Gasteiger partial charge on any atom is -0.409 e. The van der Waals surface area contributed by atoms with Gasteiger partial charge in [-0.3, -0.25) is 4.79 Å². The number of nitrogens with one attached hydrogen (secondary N) is 1. The summed E-state index contributed by atoms with van der Waals surface area (Å²) in [5, 5.41) is 14.7. The van der Waals surface area contributed by atoms with Crippen LogP contribution in [0.3, 0.4) is 0 Å². The van der Waals surface area contributed by atoms with Crippen molar-refractivity contribution in [1.82, 2.24) is 5.32 Å². The quantitative estimate of drug-likeness (QED) is 0.343. The third-order valence-corrected chi connectivity index (χ3v) is 3.24. The molecule has 1 aromatic rings. The number of nitrogens with zero attached hydrogens (tertiary/aromatic N) is 1. The standard InChI is InChI=1S/C11H13BrClN3O2/c1-11(2,10(14)16-18)15-9(17)7-4-3-6(13)5-8(7)12/h3-5,18H,1-2H3,(H2,14,16)(H,15,17). The van der Waals surface area contributed by atoms with Crippen LogP contribution in [0.4, 0.5) is 0 Å². The summed E-state index contributed by atoms with van der Waals surface area (Å²) in [4.78, 5) is 12.0. The first kappa shape index (κ1) is 14.8. The van der Waals surface area contributed by atoms with Gasteiger partial charge >= 0.3 is 0 Å². The number of halogens is 2. The van der Waals surface area contributed by atoms with E-state index >= 15 is 0 Å². The fourth-order valence-electron chi connectivity index (χ4n) is 1.21. The Kier molecular flexibility index (Phi) is 4.59. The number of amides is 1. The molecule has 0 heterocycles. The lowest BCUT2D eigenvalue weighted by Gasteiger charge is -2.24. The number of nitrogens with two attached hydrogens (primary N) is 1. The van der Waals surface area contributed by atoms with Gasteiger partial charge in [-0.1, -0.05) is 16.8 Å². The summed E-state index contributed by atoms with van der Waals surface area (Å²) < 4.78 is 0.572. The molecule has 0 aromatic heterocycles. The number of oxime groups is 1. The lowest BCUT2D eigenvalue weighted by atomic mass is 10.0. The Balaban J connectivity index is 2.96. The highest BCUT2D eigenvalue weighted by Gasteiger charge is 2.26. The first-order valence-corrected chi connectivity index (χ1v) is 6.20. The maximum atomic E-state index is 12.0. The van der Waals surface area contributed by atoms with E-state index in [9.17, 15) is 4.79 Å². The van der Waals surface area contributed by atoms with Gasteiger partial charge in [-0.25, -0.2) is 0 Å². The van der Waals surface area contributed by atoms with E-state index in [4.69, 9.17) is 22.5 Å². The Morgan fingerprint density at radius 1 is 1.56 bits per heavy atom. The lowest BCUT2D eigenvalue weighted by Crippen LogP contribution is -2.53. The minimum absolute atomic E-state index is 0.0825. The van der Waals surface area contributed by atoms with E-state index in [1.54, 1.807) is 32.0 Å². The summed E-state index contributed by atoms with van der Waals surface area (Å²) in [5.41, 5.74) is 4.95. The van der Waals surface area contributed by atoms with Crippen molar-refractivity contribution in [3.05, 3.63) is 33.3 Å². The molecule has 0 aliphatic carbocycles. The zero-order chi connectivity index (χ0) is 13.9. The zero-order valence-corrected chi connectivity index (χ0v) is 12.2. The molecule has 0 spiro atoms. The molecular formula is C11H13BrClN3O2. The molecule has 0 bridgehead atoms. The minimum atomic E-state index is -0.953. The van der Waals surface area contributed by atoms with Crippen molar-refractivity contribution < 1.29 is 10.0 Å². The molecule has 0 radical (unpaired) electrons. The number of hydrogen-bond acceptors (Lipinski definition) is 3. The van der Waals surface area contributed by atoms with Crippen LogP contribution in [0.15, 0.2) is 27.8 Å². The molecule has 0 aliphatic heterocycles. The molecule has 1 rings (SSSR count). The molecule has 0 fully saturated rings. The van der Waals surface area contributed by atoms with Gasteiger partial charge in [0.2, 0.25) is 0 Å². The summed E-state index contributed by atoms with van der Waals surface area (Å²) in [6.45, 7) is 3.26. The topological polar surface area (TPSA) is 87.7 Å². The van der Waals surface area contributed by atoms with Crippen molar-refractivity contribution in [2.75, 3.05) is 0 Å². The Morgan fingerprint density at radius 2 is 2.17 bits per heavy atom. The van der Waals surface area contributed by atoms with Gasteiger partial charge in [-0.05, 0) is 48.0 Å². The number of carbonyl (C=O) groups excluding carboxylic acids is 1. The SMILES string of the molecule is CC(C)(NC(=O)c1ccc(Cl)cc1Br)/C(N)=N/O. The molecule has 0 saturated heterocycles. The average Bonchev–Trinajstić information content (AvgIpc) is 2.26. The van der Waals surface area contributed by atoms with Crippen LogP contribution >= 0.6 is 27.5 Å². The Hall–Kier alpha value is -1.27. The van der Waals surface area contributed by atoms with Crippen molar-refractivity contribution in [3.8, 4) is 0 Å². The van der Waals surface area contributed by atoms with Gasteiger partial charge in [0.25, 0.3) is 5.91 Å². The van der Waals surface area contributed by atoms with Crippen molar-refractivity contribution in [2.24, 2.45) is 10.9 Å². The van der Waals surface area contributed by atoms with Crippen LogP contribution in [-0.4, -0.2) is 22.5 Å². The molecule has 7 heteroatoms. The van der Waals surface area contributed by atoms with E-state index in [1.807, 2.05) is 0 Å². The maximum Gasteiger partial charge on any atom is 0.253 e. The monoisotopic (exact) mass is 333 g/mol.